The Morgan fingerprint density at radius 2 is 1.78 bits per heavy atom. The van der Waals surface area contributed by atoms with Gasteiger partial charge >= 0.3 is 0 Å². The predicted molar refractivity (Wildman–Crippen MR) is 99.5 cm³/mol. The zero-order valence-corrected chi connectivity index (χ0v) is 17.2. The van der Waals surface area contributed by atoms with Crippen LogP contribution < -0.4 is 0 Å². The third-order valence-corrected chi connectivity index (χ3v) is 8.87. The molecule has 0 aromatic rings. The molecule has 0 spiro atoms. The van der Waals surface area contributed by atoms with Crippen LogP contribution in [-0.2, 0) is 0 Å². The first-order valence-corrected chi connectivity index (χ1v) is 9.39. The average Bonchev–Trinajstić information content (AvgIpc) is 2.67. The van der Waals surface area contributed by atoms with Crippen molar-refractivity contribution >= 4 is 69.6 Å². The summed E-state index contributed by atoms with van der Waals surface area (Å²) in [6.07, 6.45) is 2.03. The van der Waals surface area contributed by atoms with Gasteiger partial charge in [0.2, 0.25) is 0 Å². The maximum Gasteiger partial charge on any atom is 0.166 e. The van der Waals surface area contributed by atoms with Gasteiger partial charge in [0, 0.05) is 18.3 Å². The van der Waals surface area contributed by atoms with Crippen molar-refractivity contribution in [1.29, 1.82) is 5.26 Å². The molecule has 2 aliphatic rings. The normalized spacial score (nSPS) is 35.0. The van der Waals surface area contributed by atoms with Crippen LogP contribution in [0.3, 0.4) is 0 Å². The second kappa shape index (κ2) is 6.36. The number of fused-ring (bicyclic) bond motifs is 2. The van der Waals surface area contributed by atoms with Gasteiger partial charge in [-0.1, -0.05) is 52.3 Å². The van der Waals surface area contributed by atoms with Crippen molar-refractivity contribution in [3.8, 4) is 17.9 Å². The lowest BCUT2D eigenvalue weighted by atomic mass is 9.86. The lowest BCUT2D eigenvalue weighted by Crippen LogP contribution is -2.44. The van der Waals surface area contributed by atoms with Crippen molar-refractivity contribution in [3.63, 3.8) is 0 Å². The molecule has 2 rings (SSSR count). The Hall–Kier alpha value is 0.530. The molecule has 0 aromatic carbocycles. The minimum Gasteiger partial charge on any atom is -0.198 e. The van der Waals surface area contributed by atoms with Gasteiger partial charge in [-0.2, -0.15) is 5.26 Å². The number of hydrogen-bond donors (Lipinski definition) is 0. The number of rotatable bonds is 3. The summed E-state index contributed by atoms with van der Waals surface area (Å²) in [4.78, 5) is -2.42. The average molecular weight is 434 g/mol. The Balaban J connectivity index is 2.22. The molecule has 2 bridgehead atoms. The molecular formula is C16H15Cl6N. The lowest BCUT2D eigenvalue weighted by molar-refractivity contribution is 0.458. The zero-order chi connectivity index (χ0) is 17.7. The van der Waals surface area contributed by atoms with E-state index < -0.39 is 14.1 Å². The van der Waals surface area contributed by atoms with Crippen molar-refractivity contribution in [1.82, 2.24) is 0 Å². The molecule has 0 aliphatic heterocycles. The number of nitriles is 1. The van der Waals surface area contributed by atoms with Crippen LogP contribution in [0.4, 0.5) is 0 Å². The molecule has 3 atom stereocenters. The maximum absolute atomic E-state index is 8.68. The van der Waals surface area contributed by atoms with E-state index in [1.165, 1.54) is 0 Å². The van der Waals surface area contributed by atoms with Crippen LogP contribution in [0.1, 0.15) is 39.5 Å². The monoisotopic (exact) mass is 431 g/mol. The van der Waals surface area contributed by atoms with E-state index in [0.717, 1.165) is 0 Å². The molecule has 0 heterocycles. The van der Waals surface area contributed by atoms with Gasteiger partial charge in [-0.15, -0.1) is 29.1 Å². The zero-order valence-electron chi connectivity index (χ0n) is 12.6. The molecule has 1 saturated carbocycles. The van der Waals surface area contributed by atoms with Crippen molar-refractivity contribution in [2.24, 2.45) is 11.3 Å². The highest BCUT2D eigenvalue weighted by Crippen LogP contribution is 2.74. The number of nitrogens with zero attached hydrogens (tertiary/aromatic N) is 1. The summed E-state index contributed by atoms with van der Waals surface area (Å²) in [6, 6.07) is 2.13. The summed E-state index contributed by atoms with van der Waals surface area (Å²) in [5, 5.41) is 9.11. The predicted octanol–water partition coefficient (Wildman–Crippen LogP) is 6.56. The number of alkyl halides is 4. The van der Waals surface area contributed by atoms with Crippen LogP contribution in [0.25, 0.3) is 0 Å². The van der Waals surface area contributed by atoms with Gasteiger partial charge in [0.1, 0.15) is 9.75 Å². The van der Waals surface area contributed by atoms with E-state index in [0.29, 0.717) is 25.7 Å². The van der Waals surface area contributed by atoms with Gasteiger partial charge in [0.15, 0.2) is 4.33 Å². The fourth-order valence-electron chi connectivity index (χ4n) is 3.09. The first kappa shape index (κ1) is 19.8. The quantitative estimate of drug-likeness (QED) is 0.365. The van der Waals surface area contributed by atoms with Crippen molar-refractivity contribution in [2.45, 2.75) is 53.6 Å². The lowest BCUT2D eigenvalue weighted by Gasteiger charge is -2.33. The van der Waals surface area contributed by atoms with Crippen molar-refractivity contribution < 1.29 is 0 Å². The SMILES string of the molecule is CC(C)(C#CC[C@@H]1C[C@]2(Cl)C(Cl)=C(Cl)[C@@]1(Cl)C2(Cl)Cl)CCC#N. The summed E-state index contributed by atoms with van der Waals surface area (Å²) in [7, 11) is 0. The third kappa shape index (κ3) is 2.87. The molecule has 0 N–H and O–H groups in total. The van der Waals surface area contributed by atoms with Crippen LogP contribution in [0, 0.1) is 34.5 Å². The third-order valence-electron chi connectivity index (χ3n) is 4.54. The summed E-state index contributed by atoms with van der Waals surface area (Å²) < 4.78 is -1.49. The van der Waals surface area contributed by atoms with E-state index in [9.17, 15) is 0 Å². The summed E-state index contributed by atoms with van der Waals surface area (Å²) in [5.74, 6) is 6.11. The number of hydrogen-bond acceptors (Lipinski definition) is 1. The Kier molecular flexibility index (Phi) is 5.49. The van der Waals surface area contributed by atoms with Crippen LogP contribution in [0.2, 0.25) is 0 Å². The largest absolute Gasteiger partial charge is 0.198 e. The molecule has 1 fully saturated rings. The Bertz CT molecular complexity index is 650. The van der Waals surface area contributed by atoms with Crippen LogP contribution in [0.15, 0.2) is 10.1 Å². The van der Waals surface area contributed by atoms with Gasteiger partial charge in [0.05, 0.1) is 16.1 Å². The van der Waals surface area contributed by atoms with E-state index >= 15 is 0 Å². The number of allylic oxidation sites excluding steroid dienone is 2. The highest BCUT2D eigenvalue weighted by Gasteiger charge is 2.78. The summed E-state index contributed by atoms with van der Waals surface area (Å²) >= 11 is 38.6. The second-order valence-corrected chi connectivity index (χ2v) is 9.99. The highest BCUT2D eigenvalue weighted by molar-refractivity contribution is 6.65. The highest BCUT2D eigenvalue weighted by atomic mass is 35.5. The molecule has 0 unspecified atom stereocenters. The van der Waals surface area contributed by atoms with E-state index in [4.69, 9.17) is 74.9 Å². The molecule has 0 amide bonds. The molecule has 1 nitrogen and oxygen atoms in total. The van der Waals surface area contributed by atoms with E-state index in [-0.39, 0.29) is 21.4 Å². The minimum atomic E-state index is -1.49. The van der Waals surface area contributed by atoms with Gasteiger partial charge in [0.25, 0.3) is 0 Å². The van der Waals surface area contributed by atoms with E-state index in [1.807, 2.05) is 13.8 Å². The molecule has 23 heavy (non-hydrogen) atoms. The Morgan fingerprint density at radius 3 is 2.26 bits per heavy atom. The molecule has 7 heteroatoms. The minimum absolute atomic E-state index is 0.203. The molecule has 2 aliphatic carbocycles. The molecule has 0 radical (unpaired) electrons. The van der Waals surface area contributed by atoms with Gasteiger partial charge in [-0.25, -0.2) is 0 Å². The topological polar surface area (TPSA) is 23.8 Å². The Labute approximate surface area is 167 Å². The molecular weight excluding hydrogens is 419 g/mol. The molecule has 0 aromatic heterocycles. The number of halogens is 6. The smallest absolute Gasteiger partial charge is 0.166 e. The first-order valence-electron chi connectivity index (χ1n) is 7.13. The van der Waals surface area contributed by atoms with Crippen LogP contribution >= 0.6 is 69.6 Å². The van der Waals surface area contributed by atoms with Crippen molar-refractivity contribution in [2.75, 3.05) is 0 Å². The fourth-order valence-corrected chi connectivity index (χ4v) is 5.93. The molecule has 0 saturated heterocycles. The maximum atomic E-state index is 8.68. The molecule has 126 valence electrons. The first-order chi connectivity index (χ1) is 10.4. The van der Waals surface area contributed by atoms with Crippen LogP contribution in [0.5, 0.6) is 0 Å². The fraction of sp³-hybridized carbons (Fsp3) is 0.688. The van der Waals surface area contributed by atoms with E-state index in [1.54, 1.807) is 0 Å². The van der Waals surface area contributed by atoms with Crippen molar-refractivity contribution in [3.05, 3.63) is 10.1 Å². The second-order valence-electron chi connectivity index (χ2n) is 6.66. The van der Waals surface area contributed by atoms with E-state index in [2.05, 4.69) is 17.9 Å². The Morgan fingerprint density at radius 1 is 1.17 bits per heavy atom. The van der Waals surface area contributed by atoms with Gasteiger partial charge < -0.3 is 0 Å². The standard InChI is InChI=1S/C16H15Cl6N/c1-13(2,7-4-8-23)6-3-5-10-9-14(19)11(17)12(18)15(10,20)16(14,21)22/h10H,4-5,7,9H2,1-2H3/t10-,14+,15-/m1/s1. The van der Waals surface area contributed by atoms with Crippen LogP contribution in [-0.4, -0.2) is 14.1 Å². The summed E-state index contributed by atoms with van der Waals surface area (Å²) in [5.41, 5.74) is -0.248. The van der Waals surface area contributed by atoms with Gasteiger partial charge in [-0.3, -0.25) is 0 Å². The summed E-state index contributed by atoms with van der Waals surface area (Å²) in [6.45, 7) is 3.99. The van der Waals surface area contributed by atoms with Gasteiger partial charge in [-0.05, 0) is 32.6 Å².